The van der Waals surface area contributed by atoms with Gasteiger partial charge in [-0.05, 0) is 42.2 Å². The number of amides is 1. The molecule has 0 saturated carbocycles. The Balaban J connectivity index is 1.61. The Morgan fingerprint density at radius 1 is 1.30 bits per heavy atom. The van der Waals surface area contributed by atoms with Gasteiger partial charge in [-0.15, -0.1) is 11.8 Å². The molecule has 0 radical (unpaired) electrons. The maximum Gasteiger partial charge on any atom is 0.311 e. The van der Waals surface area contributed by atoms with E-state index in [1.54, 1.807) is 22.7 Å². The summed E-state index contributed by atoms with van der Waals surface area (Å²) in [6.07, 6.45) is 2.08. The third kappa shape index (κ3) is 4.42. The molecule has 0 N–H and O–H groups in total. The summed E-state index contributed by atoms with van der Waals surface area (Å²) < 4.78 is 23.9. The number of benzene rings is 2. The van der Waals surface area contributed by atoms with Crippen molar-refractivity contribution in [3.8, 4) is 5.75 Å². The van der Waals surface area contributed by atoms with Gasteiger partial charge in [0.2, 0.25) is 5.91 Å². The second kappa shape index (κ2) is 8.43. The fourth-order valence-electron chi connectivity index (χ4n) is 2.97. The lowest BCUT2D eigenvalue weighted by molar-refractivity contribution is -0.149. The summed E-state index contributed by atoms with van der Waals surface area (Å²) in [5.74, 6) is -1.47. The highest BCUT2D eigenvalue weighted by Gasteiger charge is 2.36. The number of hydrogen-bond acceptors (Lipinski definition) is 5. The van der Waals surface area contributed by atoms with Gasteiger partial charge in [-0.25, -0.2) is 4.39 Å². The lowest BCUT2D eigenvalue weighted by Gasteiger charge is -2.17. The molecule has 0 bridgehead atoms. The number of halogens is 1. The number of carbonyl (C=O) groups excluding carboxylic acids is 2. The molecule has 0 spiro atoms. The van der Waals surface area contributed by atoms with Crippen LogP contribution in [-0.4, -0.2) is 31.8 Å². The van der Waals surface area contributed by atoms with Gasteiger partial charge in [-0.3, -0.25) is 9.59 Å². The molecule has 1 saturated heterocycles. The lowest BCUT2D eigenvalue weighted by Crippen LogP contribution is -2.26. The summed E-state index contributed by atoms with van der Waals surface area (Å²) in [6, 6.07) is 12.0. The number of thioether (sulfide) groups is 1. The molecule has 5 nitrogen and oxygen atoms in total. The second-order valence-corrected chi connectivity index (χ2v) is 7.06. The van der Waals surface area contributed by atoms with Crippen molar-refractivity contribution in [2.75, 3.05) is 24.8 Å². The summed E-state index contributed by atoms with van der Waals surface area (Å²) >= 11 is 1.59. The van der Waals surface area contributed by atoms with Crippen molar-refractivity contribution in [1.29, 1.82) is 0 Å². The Hall–Kier alpha value is -2.54. The van der Waals surface area contributed by atoms with Crippen LogP contribution in [0.3, 0.4) is 0 Å². The van der Waals surface area contributed by atoms with Crippen molar-refractivity contribution >= 4 is 29.3 Å². The highest BCUT2D eigenvalue weighted by molar-refractivity contribution is 7.98. The van der Waals surface area contributed by atoms with Crippen LogP contribution in [0, 0.1) is 11.7 Å². The third-order valence-electron chi connectivity index (χ3n) is 4.42. The number of carbonyl (C=O) groups is 2. The van der Waals surface area contributed by atoms with E-state index in [-0.39, 0.29) is 31.2 Å². The highest BCUT2D eigenvalue weighted by atomic mass is 32.2. The molecule has 2 aromatic carbocycles. The predicted octanol–water partition coefficient (Wildman–Crippen LogP) is 3.65. The Labute approximate surface area is 161 Å². The number of esters is 1. The number of hydrogen-bond donors (Lipinski definition) is 0. The molecule has 2 aromatic rings. The van der Waals surface area contributed by atoms with Crippen LogP contribution in [0.2, 0.25) is 0 Å². The Morgan fingerprint density at radius 2 is 2.11 bits per heavy atom. The van der Waals surface area contributed by atoms with Gasteiger partial charge in [-0.1, -0.05) is 12.1 Å². The summed E-state index contributed by atoms with van der Waals surface area (Å²) in [4.78, 5) is 27.3. The first-order valence-electron chi connectivity index (χ1n) is 8.45. The van der Waals surface area contributed by atoms with Gasteiger partial charge in [0.05, 0.1) is 13.0 Å². The number of methoxy groups -OCH3 is 1. The van der Waals surface area contributed by atoms with Gasteiger partial charge in [0.25, 0.3) is 0 Å². The van der Waals surface area contributed by atoms with Crippen LogP contribution in [0.5, 0.6) is 5.75 Å². The minimum atomic E-state index is -0.529. The molecule has 1 aliphatic rings. The van der Waals surface area contributed by atoms with E-state index in [2.05, 4.69) is 0 Å². The second-order valence-electron chi connectivity index (χ2n) is 6.18. The van der Waals surface area contributed by atoms with Crippen molar-refractivity contribution in [2.45, 2.75) is 17.9 Å². The average molecular weight is 389 g/mol. The standard InChI is InChI=1S/C20H20FNO4S/c1-25-18-7-6-13(8-17(18)21)12-26-20(24)14-9-19(23)22(11-14)15-4-3-5-16(10-15)27-2/h3-8,10,14H,9,11-12H2,1-2H3/t14-/m1/s1. The van der Waals surface area contributed by atoms with E-state index in [0.717, 1.165) is 10.6 Å². The number of anilines is 1. The van der Waals surface area contributed by atoms with E-state index in [0.29, 0.717) is 5.56 Å². The van der Waals surface area contributed by atoms with Crippen LogP contribution in [-0.2, 0) is 20.9 Å². The third-order valence-corrected chi connectivity index (χ3v) is 5.15. The Bertz CT molecular complexity index is 858. The van der Waals surface area contributed by atoms with E-state index in [4.69, 9.17) is 9.47 Å². The molecule has 1 aliphatic heterocycles. The summed E-state index contributed by atoms with van der Waals surface area (Å²) in [6.45, 7) is 0.235. The van der Waals surface area contributed by atoms with E-state index >= 15 is 0 Å². The van der Waals surface area contributed by atoms with Gasteiger partial charge in [0.15, 0.2) is 11.6 Å². The van der Waals surface area contributed by atoms with Crippen molar-refractivity contribution < 1.29 is 23.5 Å². The Morgan fingerprint density at radius 3 is 2.81 bits per heavy atom. The molecule has 1 heterocycles. The fraction of sp³-hybridized carbons (Fsp3) is 0.300. The zero-order valence-electron chi connectivity index (χ0n) is 15.1. The first-order chi connectivity index (χ1) is 13.0. The number of nitrogens with zero attached hydrogens (tertiary/aromatic N) is 1. The largest absolute Gasteiger partial charge is 0.494 e. The molecule has 7 heteroatoms. The summed E-state index contributed by atoms with van der Waals surface area (Å²) in [7, 11) is 1.38. The molecular formula is C20H20FNO4S. The van der Waals surface area contributed by atoms with Crippen LogP contribution in [0.25, 0.3) is 0 Å². The van der Waals surface area contributed by atoms with E-state index < -0.39 is 17.7 Å². The van der Waals surface area contributed by atoms with Crippen LogP contribution in [0.15, 0.2) is 47.4 Å². The monoisotopic (exact) mass is 389 g/mol. The predicted molar refractivity (Wildman–Crippen MR) is 101 cm³/mol. The minimum absolute atomic E-state index is 0.0492. The van der Waals surface area contributed by atoms with E-state index in [1.807, 2.05) is 30.5 Å². The molecule has 27 heavy (non-hydrogen) atoms. The minimum Gasteiger partial charge on any atom is -0.494 e. The maximum atomic E-state index is 13.7. The zero-order valence-corrected chi connectivity index (χ0v) is 15.9. The quantitative estimate of drug-likeness (QED) is 0.558. The molecular weight excluding hydrogens is 369 g/mol. The van der Waals surface area contributed by atoms with Crippen LogP contribution in [0.4, 0.5) is 10.1 Å². The topological polar surface area (TPSA) is 55.8 Å². The van der Waals surface area contributed by atoms with Crippen molar-refractivity contribution in [1.82, 2.24) is 0 Å². The fourth-order valence-corrected chi connectivity index (χ4v) is 3.42. The maximum absolute atomic E-state index is 13.7. The van der Waals surface area contributed by atoms with Crippen LogP contribution >= 0.6 is 11.8 Å². The van der Waals surface area contributed by atoms with Gasteiger partial charge in [0, 0.05) is 23.5 Å². The molecule has 0 unspecified atom stereocenters. The highest BCUT2D eigenvalue weighted by Crippen LogP contribution is 2.29. The molecule has 1 atom stereocenters. The molecule has 1 fully saturated rings. The molecule has 0 aliphatic carbocycles. The molecule has 0 aromatic heterocycles. The first-order valence-corrected chi connectivity index (χ1v) is 9.67. The van der Waals surface area contributed by atoms with Crippen LogP contribution < -0.4 is 9.64 Å². The van der Waals surface area contributed by atoms with Crippen molar-refractivity contribution in [3.05, 3.63) is 53.8 Å². The molecule has 3 rings (SSSR count). The number of ether oxygens (including phenoxy) is 2. The van der Waals surface area contributed by atoms with Gasteiger partial charge in [0.1, 0.15) is 6.61 Å². The first kappa shape index (κ1) is 19.2. The Kier molecular flexibility index (Phi) is 6.01. The van der Waals surface area contributed by atoms with Crippen molar-refractivity contribution in [2.24, 2.45) is 5.92 Å². The van der Waals surface area contributed by atoms with Crippen molar-refractivity contribution in [3.63, 3.8) is 0 Å². The van der Waals surface area contributed by atoms with Gasteiger partial charge in [-0.2, -0.15) is 0 Å². The average Bonchev–Trinajstić information content (AvgIpc) is 3.08. The summed E-state index contributed by atoms with van der Waals surface area (Å²) in [5, 5.41) is 0. The SMILES string of the molecule is COc1ccc(COC(=O)[C@@H]2CC(=O)N(c3cccc(SC)c3)C2)cc1F. The summed E-state index contributed by atoms with van der Waals surface area (Å²) in [5.41, 5.74) is 1.30. The normalized spacial score (nSPS) is 16.5. The number of rotatable bonds is 6. The smallest absolute Gasteiger partial charge is 0.311 e. The molecule has 142 valence electrons. The van der Waals surface area contributed by atoms with Crippen LogP contribution in [0.1, 0.15) is 12.0 Å². The molecule has 1 amide bonds. The van der Waals surface area contributed by atoms with Gasteiger partial charge >= 0.3 is 5.97 Å². The zero-order chi connectivity index (χ0) is 19.4. The van der Waals surface area contributed by atoms with E-state index in [9.17, 15) is 14.0 Å². The van der Waals surface area contributed by atoms with Gasteiger partial charge < -0.3 is 14.4 Å². The van der Waals surface area contributed by atoms with E-state index in [1.165, 1.54) is 19.2 Å². The lowest BCUT2D eigenvalue weighted by atomic mass is 10.1.